The third-order valence-corrected chi connectivity index (χ3v) is 4.68. The highest BCUT2D eigenvalue weighted by Gasteiger charge is 2.32. The van der Waals surface area contributed by atoms with Gasteiger partial charge in [0.05, 0.1) is 22.1 Å². The van der Waals surface area contributed by atoms with Crippen LogP contribution in [-0.2, 0) is 0 Å². The van der Waals surface area contributed by atoms with Crippen LogP contribution in [0, 0.1) is 6.92 Å². The average molecular weight is 378 g/mol. The van der Waals surface area contributed by atoms with E-state index in [0.29, 0.717) is 30.0 Å². The van der Waals surface area contributed by atoms with Crippen LogP contribution in [0.2, 0.25) is 0 Å². The maximum Gasteiger partial charge on any atom is 0.446 e. The van der Waals surface area contributed by atoms with E-state index in [1.54, 1.807) is 18.2 Å². The molecule has 0 radical (unpaired) electrons. The molecule has 1 aliphatic heterocycles. The van der Waals surface area contributed by atoms with Crippen molar-refractivity contribution < 1.29 is 17.6 Å². The van der Waals surface area contributed by atoms with Crippen molar-refractivity contribution in [3.05, 3.63) is 23.9 Å². The lowest BCUT2D eigenvalue weighted by molar-refractivity contribution is -0.0328. The second-order valence-corrected chi connectivity index (χ2v) is 6.51. The summed E-state index contributed by atoms with van der Waals surface area (Å²) < 4.78 is 53.5. The molecule has 3 heterocycles. The van der Waals surface area contributed by atoms with Crippen molar-refractivity contribution in [2.24, 2.45) is 0 Å². The zero-order chi connectivity index (χ0) is 18.6. The van der Waals surface area contributed by atoms with E-state index in [1.807, 2.05) is 13.8 Å². The monoisotopic (exact) mass is 378 g/mol. The Morgan fingerprint density at radius 3 is 2.68 bits per heavy atom. The van der Waals surface area contributed by atoms with E-state index in [9.17, 15) is 17.6 Å². The number of pyridine rings is 1. The molecule has 0 amide bonds. The summed E-state index contributed by atoms with van der Waals surface area (Å²) in [5, 5.41) is 10.2. The zero-order valence-corrected chi connectivity index (χ0v) is 15.1. The summed E-state index contributed by atoms with van der Waals surface area (Å²) in [4.78, 5) is 0.0725. The first kappa shape index (κ1) is 19.8. The van der Waals surface area contributed by atoms with Crippen LogP contribution in [0.15, 0.2) is 23.1 Å². The van der Waals surface area contributed by atoms with Crippen molar-refractivity contribution in [1.29, 1.82) is 0 Å². The first-order valence-corrected chi connectivity index (χ1v) is 9.02. The van der Waals surface area contributed by atoms with Gasteiger partial charge in [0.15, 0.2) is 0 Å². The quantitative estimate of drug-likeness (QED) is 0.614. The average Bonchev–Trinajstić information content (AvgIpc) is 2.87. The van der Waals surface area contributed by atoms with Crippen LogP contribution in [0.25, 0.3) is 5.52 Å². The Labute approximate surface area is 148 Å². The lowest BCUT2D eigenvalue weighted by atomic mass is 10.1. The van der Waals surface area contributed by atoms with Gasteiger partial charge in [-0.05, 0) is 43.8 Å². The maximum atomic E-state index is 13.9. The van der Waals surface area contributed by atoms with Crippen LogP contribution in [0.1, 0.15) is 26.0 Å². The van der Waals surface area contributed by atoms with Gasteiger partial charge in [-0.1, -0.05) is 19.9 Å². The van der Waals surface area contributed by atoms with Gasteiger partial charge in [-0.15, -0.1) is 0 Å². The number of halogens is 4. The number of alkyl halides is 4. The molecule has 9 heteroatoms. The number of fused-ring (bicyclic) bond motifs is 1. The van der Waals surface area contributed by atoms with Crippen molar-refractivity contribution in [2.75, 3.05) is 18.4 Å². The predicted octanol–water partition coefficient (Wildman–Crippen LogP) is 4.39. The summed E-state index contributed by atoms with van der Waals surface area (Å²) in [5.74, 6) is 0.495. The molecule has 2 aromatic rings. The minimum atomic E-state index is -4.38. The predicted molar refractivity (Wildman–Crippen MR) is 93.0 cm³/mol. The van der Waals surface area contributed by atoms with Crippen molar-refractivity contribution in [3.8, 4) is 0 Å². The minimum absolute atomic E-state index is 0.0725. The number of hydrogen-bond donors (Lipinski definition) is 2. The van der Waals surface area contributed by atoms with Crippen LogP contribution >= 0.6 is 11.8 Å². The summed E-state index contributed by atoms with van der Waals surface area (Å²) in [6.45, 7) is 6.50. The van der Waals surface area contributed by atoms with Gasteiger partial charge >= 0.3 is 5.51 Å². The van der Waals surface area contributed by atoms with Crippen molar-refractivity contribution in [2.45, 2.75) is 49.8 Å². The van der Waals surface area contributed by atoms with Crippen LogP contribution in [0.3, 0.4) is 0 Å². The number of piperidine rings is 1. The fourth-order valence-corrected chi connectivity index (χ4v) is 3.37. The number of nitrogens with zero attached hydrogens (tertiary/aromatic N) is 2. The van der Waals surface area contributed by atoms with Gasteiger partial charge in [0, 0.05) is 6.54 Å². The Hall–Kier alpha value is -1.48. The first-order valence-electron chi connectivity index (χ1n) is 8.20. The van der Waals surface area contributed by atoms with Crippen LogP contribution in [-0.4, -0.2) is 40.4 Å². The van der Waals surface area contributed by atoms with E-state index in [0.717, 1.165) is 0 Å². The number of aryl methyl sites for hydroxylation is 1. The summed E-state index contributed by atoms with van der Waals surface area (Å²) >= 11 is -0.176. The fraction of sp³-hybridized carbons (Fsp3) is 0.562. The van der Waals surface area contributed by atoms with Gasteiger partial charge in [-0.25, -0.2) is 8.91 Å². The number of thioether (sulfide) groups is 1. The topological polar surface area (TPSA) is 41.4 Å². The Kier molecular flexibility index (Phi) is 6.56. The molecule has 1 fully saturated rings. The lowest BCUT2D eigenvalue weighted by Gasteiger charge is -2.28. The largest absolute Gasteiger partial charge is 0.446 e. The molecule has 0 bridgehead atoms. The highest BCUT2D eigenvalue weighted by atomic mass is 32.2. The minimum Gasteiger partial charge on any atom is -0.364 e. The highest BCUT2D eigenvalue weighted by molar-refractivity contribution is 8.00. The molecule has 0 saturated carbocycles. The van der Waals surface area contributed by atoms with Gasteiger partial charge in [0.2, 0.25) is 0 Å². The molecular formula is C16H22F4N4S. The van der Waals surface area contributed by atoms with E-state index in [-0.39, 0.29) is 29.2 Å². The normalized spacial score (nSPS) is 20.9. The number of rotatable bonds is 3. The standard InChI is InChI=1S/C14H16F4N4S.C2H6/c1-8-13(23-14(16,17)18)11-3-2-4-12(22(11)21-8)20-10-5-6-19-7-9(10)15;1-2/h2-4,9-10,19-20H,5-7H2,1H3;1-2H3. The van der Waals surface area contributed by atoms with Crippen LogP contribution < -0.4 is 10.6 Å². The third kappa shape index (κ3) is 4.78. The van der Waals surface area contributed by atoms with Gasteiger partial charge in [0.25, 0.3) is 0 Å². The van der Waals surface area contributed by atoms with Crippen LogP contribution in [0.5, 0.6) is 0 Å². The number of hydrogen-bond acceptors (Lipinski definition) is 4. The van der Waals surface area contributed by atoms with E-state index in [4.69, 9.17) is 0 Å². The van der Waals surface area contributed by atoms with Gasteiger partial charge in [0.1, 0.15) is 12.0 Å². The summed E-state index contributed by atoms with van der Waals surface area (Å²) in [7, 11) is 0. The highest BCUT2D eigenvalue weighted by Crippen LogP contribution is 2.41. The molecule has 1 saturated heterocycles. The molecule has 4 nitrogen and oxygen atoms in total. The molecule has 2 atom stereocenters. The molecule has 2 N–H and O–H groups in total. The first-order chi connectivity index (χ1) is 11.8. The second-order valence-electron chi connectivity index (χ2n) is 5.43. The molecular weight excluding hydrogens is 356 g/mol. The summed E-state index contributed by atoms with van der Waals surface area (Å²) in [6, 6.07) is 4.53. The molecule has 140 valence electrons. The molecule has 0 aromatic carbocycles. The Bertz CT molecular complexity index is 701. The van der Waals surface area contributed by atoms with Crippen LogP contribution in [0.4, 0.5) is 23.4 Å². The molecule has 25 heavy (non-hydrogen) atoms. The zero-order valence-electron chi connectivity index (χ0n) is 14.3. The van der Waals surface area contributed by atoms with Gasteiger partial charge < -0.3 is 10.6 Å². The second kappa shape index (κ2) is 8.27. The third-order valence-electron chi connectivity index (χ3n) is 3.73. The van der Waals surface area contributed by atoms with Crippen molar-refractivity contribution in [1.82, 2.24) is 14.9 Å². The van der Waals surface area contributed by atoms with Crippen molar-refractivity contribution in [3.63, 3.8) is 0 Å². The summed E-state index contributed by atoms with van der Waals surface area (Å²) in [5.41, 5.74) is -3.72. The SMILES string of the molecule is CC.Cc1nn2c(NC3CCNCC3F)cccc2c1SC(F)(F)F. The molecule has 3 rings (SSSR count). The Balaban J connectivity index is 0.00000109. The smallest absolute Gasteiger partial charge is 0.364 e. The number of aromatic nitrogens is 2. The number of anilines is 1. The molecule has 0 spiro atoms. The van der Waals surface area contributed by atoms with E-state index in [2.05, 4.69) is 15.7 Å². The summed E-state index contributed by atoms with van der Waals surface area (Å²) in [6.07, 6.45) is -0.457. The van der Waals surface area contributed by atoms with Gasteiger partial charge in [-0.2, -0.15) is 18.3 Å². The number of nitrogens with one attached hydrogen (secondary N) is 2. The van der Waals surface area contributed by atoms with E-state index < -0.39 is 11.7 Å². The molecule has 1 aliphatic rings. The Morgan fingerprint density at radius 1 is 1.32 bits per heavy atom. The maximum absolute atomic E-state index is 13.9. The Morgan fingerprint density at radius 2 is 2.04 bits per heavy atom. The fourth-order valence-electron chi connectivity index (χ4n) is 2.69. The van der Waals surface area contributed by atoms with E-state index >= 15 is 0 Å². The molecule has 0 aliphatic carbocycles. The molecule has 2 unspecified atom stereocenters. The lowest BCUT2D eigenvalue weighted by Crippen LogP contribution is -2.45. The van der Waals surface area contributed by atoms with Crippen molar-refractivity contribution >= 4 is 23.1 Å². The van der Waals surface area contributed by atoms with E-state index in [1.165, 1.54) is 11.4 Å². The van der Waals surface area contributed by atoms with Gasteiger partial charge in [-0.3, -0.25) is 0 Å². The molecule has 2 aromatic heterocycles.